The van der Waals surface area contributed by atoms with Crippen molar-refractivity contribution in [2.24, 2.45) is 0 Å². The number of fused-ring (bicyclic) bond motifs is 1. The van der Waals surface area contributed by atoms with E-state index >= 15 is 0 Å². The molecule has 0 spiro atoms. The lowest BCUT2D eigenvalue weighted by Crippen LogP contribution is -2.06. The summed E-state index contributed by atoms with van der Waals surface area (Å²) in [5.74, 6) is 0.205. The molecule has 0 aliphatic carbocycles. The van der Waals surface area contributed by atoms with E-state index in [-0.39, 0.29) is 5.78 Å². The van der Waals surface area contributed by atoms with E-state index in [2.05, 4.69) is 46.4 Å². The first kappa shape index (κ1) is 17.6. The Morgan fingerprint density at radius 2 is 1.78 bits per heavy atom. The molecule has 1 aromatic heterocycles. The molecule has 0 aliphatic rings. The highest BCUT2D eigenvalue weighted by Crippen LogP contribution is 2.33. The first-order valence-electron chi connectivity index (χ1n) is 8.73. The van der Waals surface area contributed by atoms with Crippen LogP contribution in [0, 0.1) is 6.92 Å². The van der Waals surface area contributed by atoms with E-state index in [9.17, 15) is 4.79 Å². The van der Waals surface area contributed by atoms with Gasteiger partial charge in [-0.1, -0.05) is 57.9 Å². The van der Waals surface area contributed by atoms with Crippen molar-refractivity contribution in [1.82, 2.24) is 0 Å². The van der Waals surface area contributed by atoms with E-state index in [1.165, 1.54) is 5.56 Å². The van der Waals surface area contributed by atoms with Gasteiger partial charge in [0.25, 0.3) is 0 Å². The topological polar surface area (TPSA) is 42.2 Å². The van der Waals surface area contributed by atoms with Crippen LogP contribution >= 0.6 is 15.9 Å². The number of nitrogens with one attached hydrogen (secondary N) is 1. The number of halogens is 1. The fourth-order valence-corrected chi connectivity index (χ4v) is 3.39. The van der Waals surface area contributed by atoms with Gasteiger partial charge in [-0.25, -0.2) is 0 Å². The van der Waals surface area contributed by atoms with Gasteiger partial charge in [0.2, 0.25) is 5.78 Å². The molecule has 3 nitrogen and oxygen atoms in total. The number of carbonyl (C=O) groups is 1. The summed E-state index contributed by atoms with van der Waals surface area (Å²) >= 11 is 3.40. The van der Waals surface area contributed by atoms with Crippen molar-refractivity contribution in [3.63, 3.8) is 0 Å². The normalized spacial score (nSPS) is 10.9. The van der Waals surface area contributed by atoms with Crippen LogP contribution in [-0.4, -0.2) is 5.78 Å². The molecule has 1 N–H and O–H groups in total. The average Bonchev–Trinajstić information content (AvgIpc) is 3.05. The van der Waals surface area contributed by atoms with Crippen molar-refractivity contribution in [1.29, 1.82) is 0 Å². The largest absolute Gasteiger partial charge is 0.450 e. The van der Waals surface area contributed by atoms with Crippen LogP contribution in [0.4, 0.5) is 5.69 Å². The van der Waals surface area contributed by atoms with Gasteiger partial charge in [0.15, 0.2) is 5.76 Å². The second-order valence-corrected chi connectivity index (χ2v) is 7.40. The Balaban J connectivity index is 1.72. The molecule has 3 aromatic carbocycles. The van der Waals surface area contributed by atoms with Gasteiger partial charge in [0.1, 0.15) is 5.58 Å². The summed E-state index contributed by atoms with van der Waals surface area (Å²) < 4.78 is 6.87. The predicted octanol–water partition coefficient (Wildman–Crippen LogP) is 6.35. The quantitative estimate of drug-likeness (QED) is 0.383. The molecule has 0 fully saturated rings. The Bertz CT molecular complexity index is 1110. The third-order valence-electron chi connectivity index (χ3n) is 4.46. The van der Waals surface area contributed by atoms with Gasteiger partial charge in [-0.05, 0) is 48.9 Å². The number of anilines is 1. The van der Waals surface area contributed by atoms with Crippen LogP contribution in [0.3, 0.4) is 0 Å². The number of carbonyl (C=O) groups excluding carboxylic acids is 1. The van der Waals surface area contributed by atoms with Crippen LogP contribution in [0.2, 0.25) is 0 Å². The molecule has 0 bridgehead atoms. The summed E-state index contributed by atoms with van der Waals surface area (Å²) in [6, 6.07) is 23.3. The van der Waals surface area contributed by atoms with Crippen LogP contribution in [-0.2, 0) is 6.54 Å². The zero-order valence-corrected chi connectivity index (χ0v) is 16.4. The van der Waals surface area contributed by atoms with Crippen molar-refractivity contribution in [3.05, 3.63) is 99.7 Å². The van der Waals surface area contributed by atoms with Crippen molar-refractivity contribution in [2.75, 3.05) is 5.32 Å². The molecule has 0 atom stereocenters. The zero-order chi connectivity index (χ0) is 18.8. The SMILES string of the molecule is Cc1cccc(CNc2c(C(=O)c3ccc(Br)cc3)oc3ccccc23)c1. The molecule has 4 heteroatoms. The molecule has 0 unspecified atom stereocenters. The maximum atomic E-state index is 13.1. The van der Waals surface area contributed by atoms with Crippen LogP contribution in [0.1, 0.15) is 27.2 Å². The Morgan fingerprint density at radius 3 is 2.56 bits per heavy atom. The highest BCUT2D eigenvalue weighted by atomic mass is 79.9. The highest BCUT2D eigenvalue weighted by Gasteiger charge is 2.21. The molecular formula is C23H18BrNO2. The third kappa shape index (κ3) is 3.67. The number of hydrogen-bond acceptors (Lipinski definition) is 3. The monoisotopic (exact) mass is 419 g/mol. The standard InChI is InChI=1S/C23H18BrNO2/c1-15-5-4-6-16(13-15)14-25-21-19-7-2-3-8-20(19)27-23(21)22(26)17-9-11-18(24)12-10-17/h2-13,25H,14H2,1H3. The summed E-state index contributed by atoms with van der Waals surface area (Å²) in [7, 11) is 0. The third-order valence-corrected chi connectivity index (χ3v) is 4.99. The molecule has 0 amide bonds. The second kappa shape index (κ2) is 7.41. The molecule has 0 saturated carbocycles. The molecule has 4 aromatic rings. The van der Waals surface area contributed by atoms with Gasteiger partial charge in [0, 0.05) is 22.0 Å². The van der Waals surface area contributed by atoms with Gasteiger partial charge in [-0.15, -0.1) is 0 Å². The lowest BCUT2D eigenvalue weighted by molar-refractivity contribution is 0.101. The summed E-state index contributed by atoms with van der Waals surface area (Å²) in [4.78, 5) is 13.1. The maximum Gasteiger partial charge on any atom is 0.230 e. The van der Waals surface area contributed by atoms with Gasteiger partial charge in [-0.2, -0.15) is 0 Å². The number of ketones is 1. The number of furan rings is 1. The Labute approximate surface area is 166 Å². The van der Waals surface area contributed by atoms with E-state index in [0.29, 0.717) is 23.5 Å². The van der Waals surface area contributed by atoms with Gasteiger partial charge < -0.3 is 9.73 Å². The van der Waals surface area contributed by atoms with Gasteiger partial charge in [-0.3, -0.25) is 4.79 Å². The molecule has 0 radical (unpaired) electrons. The van der Waals surface area contributed by atoms with Crippen LogP contribution in [0.15, 0.2) is 81.7 Å². The Kier molecular flexibility index (Phi) is 4.82. The van der Waals surface area contributed by atoms with Crippen LogP contribution in [0.5, 0.6) is 0 Å². The molecule has 0 aliphatic heterocycles. The summed E-state index contributed by atoms with van der Waals surface area (Å²) in [5, 5.41) is 4.33. The van der Waals surface area contributed by atoms with E-state index in [0.717, 1.165) is 21.1 Å². The van der Waals surface area contributed by atoms with Gasteiger partial charge in [0.05, 0.1) is 5.69 Å². The van der Waals surface area contributed by atoms with Crippen molar-refractivity contribution in [3.8, 4) is 0 Å². The van der Waals surface area contributed by atoms with Crippen LogP contribution in [0.25, 0.3) is 11.0 Å². The lowest BCUT2D eigenvalue weighted by Gasteiger charge is -2.08. The number of hydrogen-bond donors (Lipinski definition) is 1. The van der Waals surface area contributed by atoms with Crippen molar-refractivity contribution >= 4 is 38.4 Å². The highest BCUT2D eigenvalue weighted by molar-refractivity contribution is 9.10. The summed E-state index contributed by atoms with van der Waals surface area (Å²) in [5.41, 5.74) is 4.39. The molecule has 0 saturated heterocycles. The molecule has 134 valence electrons. The predicted molar refractivity (Wildman–Crippen MR) is 112 cm³/mol. The Hall–Kier alpha value is -2.85. The minimum Gasteiger partial charge on any atom is -0.450 e. The average molecular weight is 420 g/mol. The summed E-state index contributed by atoms with van der Waals surface area (Å²) in [6.45, 7) is 2.69. The lowest BCUT2D eigenvalue weighted by atomic mass is 10.1. The van der Waals surface area contributed by atoms with Crippen molar-refractivity contribution in [2.45, 2.75) is 13.5 Å². The molecule has 27 heavy (non-hydrogen) atoms. The first-order chi connectivity index (χ1) is 13.1. The minimum atomic E-state index is -0.134. The zero-order valence-electron chi connectivity index (χ0n) is 14.8. The van der Waals surface area contributed by atoms with Crippen LogP contribution < -0.4 is 5.32 Å². The minimum absolute atomic E-state index is 0.134. The fraction of sp³-hybridized carbons (Fsp3) is 0.0870. The second-order valence-electron chi connectivity index (χ2n) is 6.48. The number of benzene rings is 3. The smallest absolute Gasteiger partial charge is 0.230 e. The number of para-hydroxylation sites is 1. The molecule has 1 heterocycles. The van der Waals surface area contributed by atoms with E-state index in [4.69, 9.17) is 4.42 Å². The molecule has 4 rings (SSSR count). The number of aryl methyl sites for hydroxylation is 1. The fourth-order valence-electron chi connectivity index (χ4n) is 3.13. The molecular weight excluding hydrogens is 402 g/mol. The van der Waals surface area contributed by atoms with E-state index in [1.54, 1.807) is 12.1 Å². The van der Waals surface area contributed by atoms with E-state index < -0.39 is 0 Å². The maximum absolute atomic E-state index is 13.1. The van der Waals surface area contributed by atoms with Crippen molar-refractivity contribution < 1.29 is 9.21 Å². The van der Waals surface area contributed by atoms with E-state index in [1.807, 2.05) is 42.5 Å². The Morgan fingerprint density at radius 1 is 1.00 bits per heavy atom. The number of rotatable bonds is 5. The first-order valence-corrected chi connectivity index (χ1v) is 9.52. The van der Waals surface area contributed by atoms with Gasteiger partial charge >= 0.3 is 0 Å². The summed E-state index contributed by atoms with van der Waals surface area (Å²) in [6.07, 6.45) is 0.